The van der Waals surface area contributed by atoms with Crippen molar-refractivity contribution in [3.8, 4) is 0 Å². The minimum absolute atomic E-state index is 0.0410. The predicted molar refractivity (Wildman–Crippen MR) is 105 cm³/mol. The Morgan fingerprint density at radius 1 is 1.14 bits per heavy atom. The molecule has 0 amide bonds. The molecule has 0 spiro atoms. The molecule has 1 heterocycles. The van der Waals surface area contributed by atoms with Gasteiger partial charge in [0.1, 0.15) is 5.02 Å². The fraction of sp³-hybridized carbons (Fsp3) is 0.250. The van der Waals surface area contributed by atoms with Crippen molar-refractivity contribution in [3.63, 3.8) is 0 Å². The van der Waals surface area contributed by atoms with Gasteiger partial charge < -0.3 is 0 Å². The molecule has 1 unspecified atom stereocenters. The average molecular weight is 444 g/mol. The summed E-state index contributed by atoms with van der Waals surface area (Å²) < 4.78 is 27.7. The van der Waals surface area contributed by atoms with Gasteiger partial charge in [0.25, 0.3) is 11.4 Å². The lowest BCUT2D eigenvalue weighted by Gasteiger charge is -2.24. The van der Waals surface area contributed by atoms with Crippen LogP contribution in [0.4, 0.5) is 11.4 Å². The van der Waals surface area contributed by atoms with Gasteiger partial charge in [-0.25, -0.2) is 8.42 Å². The fourth-order valence-electron chi connectivity index (χ4n) is 2.89. The lowest BCUT2D eigenvalue weighted by Crippen LogP contribution is -2.31. The SMILES string of the molecule is Cc1ccc([N+](=O)[O-])cc1S(=O)(=O)N1CCSC1c1ccc(Cl)c([N+](=O)[O-])c1. The number of aryl methyl sites for hydroxylation is 1. The van der Waals surface area contributed by atoms with Gasteiger partial charge in [-0.1, -0.05) is 23.7 Å². The fourth-order valence-corrected chi connectivity index (χ4v) is 6.56. The second-order valence-corrected chi connectivity index (χ2v) is 9.47. The van der Waals surface area contributed by atoms with E-state index in [9.17, 15) is 28.6 Å². The number of thioether (sulfide) groups is 1. The van der Waals surface area contributed by atoms with E-state index < -0.39 is 25.2 Å². The number of non-ortho nitro benzene ring substituents is 1. The van der Waals surface area contributed by atoms with Crippen molar-refractivity contribution in [2.75, 3.05) is 12.3 Å². The maximum Gasteiger partial charge on any atom is 0.288 e. The van der Waals surface area contributed by atoms with Crippen LogP contribution in [-0.2, 0) is 10.0 Å². The minimum atomic E-state index is -4.06. The van der Waals surface area contributed by atoms with E-state index in [0.717, 1.165) is 6.07 Å². The Labute approximate surface area is 169 Å². The zero-order valence-corrected chi connectivity index (χ0v) is 16.8. The minimum Gasteiger partial charge on any atom is -0.258 e. The highest BCUT2D eigenvalue weighted by Crippen LogP contribution is 2.43. The van der Waals surface area contributed by atoms with Gasteiger partial charge in [-0.05, 0) is 24.1 Å². The van der Waals surface area contributed by atoms with E-state index in [1.807, 2.05) is 0 Å². The van der Waals surface area contributed by atoms with Gasteiger partial charge in [0, 0.05) is 30.5 Å². The molecule has 28 heavy (non-hydrogen) atoms. The van der Waals surface area contributed by atoms with Crippen molar-refractivity contribution in [1.82, 2.24) is 4.31 Å². The van der Waals surface area contributed by atoms with Crippen molar-refractivity contribution < 1.29 is 18.3 Å². The molecule has 2 aromatic carbocycles. The van der Waals surface area contributed by atoms with Crippen LogP contribution in [0.1, 0.15) is 16.5 Å². The van der Waals surface area contributed by atoms with E-state index in [4.69, 9.17) is 11.6 Å². The first-order valence-corrected chi connectivity index (χ1v) is 10.8. The second-order valence-electron chi connectivity index (χ2n) is 6.01. The summed E-state index contributed by atoms with van der Waals surface area (Å²) in [6.07, 6.45) is 0. The summed E-state index contributed by atoms with van der Waals surface area (Å²) >= 11 is 7.16. The molecule has 0 radical (unpaired) electrons. The molecule has 0 N–H and O–H groups in total. The molecular weight excluding hydrogens is 430 g/mol. The van der Waals surface area contributed by atoms with Crippen molar-refractivity contribution in [2.24, 2.45) is 0 Å². The van der Waals surface area contributed by atoms with E-state index in [1.165, 1.54) is 40.3 Å². The van der Waals surface area contributed by atoms with Crippen LogP contribution in [0.3, 0.4) is 0 Å². The van der Waals surface area contributed by atoms with Gasteiger partial charge in [0.15, 0.2) is 0 Å². The largest absolute Gasteiger partial charge is 0.288 e. The Morgan fingerprint density at radius 2 is 1.86 bits per heavy atom. The molecule has 1 fully saturated rings. The Hall–Kier alpha value is -2.21. The Bertz CT molecular complexity index is 1080. The maximum absolute atomic E-state index is 13.2. The van der Waals surface area contributed by atoms with Crippen molar-refractivity contribution in [1.29, 1.82) is 0 Å². The third-order valence-electron chi connectivity index (χ3n) is 4.27. The van der Waals surface area contributed by atoms with Crippen molar-refractivity contribution >= 4 is 44.8 Å². The summed E-state index contributed by atoms with van der Waals surface area (Å²) in [7, 11) is -4.06. The quantitative estimate of drug-likeness (QED) is 0.506. The molecular formula is C16H14ClN3O6S2. The molecule has 0 saturated carbocycles. The number of rotatable bonds is 5. The highest BCUT2D eigenvalue weighted by molar-refractivity contribution is 8.01. The highest BCUT2D eigenvalue weighted by atomic mass is 35.5. The van der Waals surface area contributed by atoms with Gasteiger partial charge in [-0.2, -0.15) is 4.31 Å². The molecule has 148 valence electrons. The van der Waals surface area contributed by atoms with Crippen LogP contribution in [0, 0.1) is 27.2 Å². The monoisotopic (exact) mass is 443 g/mol. The molecule has 3 rings (SSSR count). The lowest BCUT2D eigenvalue weighted by molar-refractivity contribution is -0.385. The molecule has 1 saturated heterocycles. The van der Waals surface area contributed by atoms with Crippen molar-refractivity contribution in [3.05, 3.63) is 72.8 Å². The smallest absolute Gasteiger partial charge is 0.258 e. The molecule has 0 bridgehead atoms. The lowest BCUT2D eigenvalue weighted by atomic mass is 10.2. The second kappa shape index (κ2) is 7.66. The number of nitro groups is 2. The standard InChI is InChI=1S/C16H14ClN3O6S2/c1-10-2-4-12(19(21)22)9-15(10)28(25,26)18-6-7-27-16(18)11-3-5-13(17)14(8-11)20(23)24/h2-5,8-9,16H,6-7H2,1H3. The van der Waals surface area contributed by atoms with E-state index in [-0.39, 0.29) is 27.8 Å². The number of nitro benzene ring substituents is 2. The van der Waals surface area contributed by atoms with Gasteiger partial charge in [-0.15, -0.1) is 11.8 Å². The van der Waals surface area contributed by atoms with Crippen LogP contribution in [0.25, 0.3) is 0 Å². The van der Waals surface area contributed by atoms with Crippen LogP contribution < -0.4 is 0 Å². The Balaban J connectivity index is 2.06. The normalized spacial score (nSPS) is 17.6. The highest BCUT2D eigenvalue weighted by Gasteiger charge is 2.38. The van der Waals surface area contributed by atoms with Gasteiger partial charge in [0.05, 0.1) is 20.1 Å². The third-order valence-corrected chi connectivity index (χ3v) is 7.99. The summed E-state index contributed by atoms with van der Waals surface area (Å²) in [6.45, 7) is 1.73. The van der Waals surface area contributed by atoms with E-state index in [2.05, 4.69) is 0 Å². The number of sulfonamides is 1. The predicted octanol–water partition coefficient (Wildman–Crippen LogP) is 3.90. The topological polar surface area (TPSA) is 124 Å². The van der Waals surface area contributed by atoms with E-state index in [1.54, 1.807) is 13.0 Å². The first-order valence-electron chi connectivity index (χ1n) is 7.95. The molecule has 2 aromatic rings. The third kappa shape index (κ3) is 3.70. The Morgan fingerprint density at radius 3 is 2.50 bits per heavy atom. The number of hydrogen-bond donors (Lipinski definition) is 0. The van der Waals surface area contributed by atoms with Gasteiger partial charge in [0.2, 0.25) is 10.0 Å². The first kappa shape index (κ1) is 20.5. The average Bonchev–Trinajstić information content (AvgIpc) is 3.12. The van der Waals surface area contributed by atoms with Crippen molar-refractivity contribution in [2.45, 2.75) is 17.2 Å². The summed E-state index contributed by atoms with van der Waals surface area (Å²) in [5.74, 6) is 0.480. The van der Waals surface area contributed by atoms with Crippen LogP contribution in [0.5, 0.6) is 0 Å². The molecule has 0 aliphatic carbocycles. The van der Waals surface area contributed by atoms with E-state index in [0.29, 0.717) is 16.9 Å². The van der Waals surface area contributed by atoms with Gasteiger partial charge >= 0.3 is 0 Å². The summed E-state index contributed by atoms with van der Waals surface area (Å²) in [5.41, 5.74) is 0.166. The summed E-state index contributed by atoms with van der Waals surface area (Å²) in [6, 6.07) is 7.82. The zero-order valence-electron chi connectivity index (χ0n) is 14.4. The summed E-state index contributed by atoms with van der Waals surface area (Å²) in [4.78, 5) is 20.8. The van der Waals surface area contributed by atoms with Gasteiger partial charge in [-0.3, -0.25) is 20.2 Å². The Kier molecular flexibility index (Phi) is 5.62. The maximum atomic E-state index is 13.2. The zero-order chi connectivity index (χ0) is 20.6. The molecule has 1 atom stereocenters. The van der Waals surface area contributed by atoms with Crippen LogP contribution in [0.2, 0.25) is 5.02 Å². The molecule has 1 aliphatic rings. The molecule has 12 heteroatoms. The van der Waals surface area contributed by atoms with Crippen LogP contribution in [0.15, 0.2) is 41.3 Å². The number of halogens is 1. The molecule has 9 nitrogen and oxygen atoms in total. The number of hydrogen-bond acceptors (Lipinski definition) is 7. The number of nitrogens with zero attached hydrogens (tertiary/aromatic N) is 3. The van der Waals surface area contributed by atoms with E-state index >= 15 is 0 Å². The van der Waals surface area contributed by atoms with Crippen LogP contribution in [-0.4, -0.2) is 34.9 Å². The molecule has 0 aromatic heterocycles. The van der Waals surface area contributed by atoms with Crippen LogP contribution >= 0.6 is 23.4 Å². The number of benzene rings is 2. The first-order chi connectivity index (χ1) is 13.1. The summed E-state index contributed by atoms with van der Waals surface area (Å²) in [5, 5.41) is 21.5. The molecule has 1 aliphatic heterocycles.